The van der Waals surface area contributed by atoms with E-state index in [1.54, 1.807) is 54.6 Å². The molecule has 4 rings (SSSR count). The minimum Gasteiger partial charge on any atom is -0.508 e. The minimum absolute atomic E-state index is 0.140. The second-order valence-corrected chi connectivity index (χ2v) is 6.70. The van der Waals surface area contributed by atoms with Crippen LogP contribution in [0.5, 0.6) is 17.2 Å². The third-order valence-electron chi connectivity index (χ3n) is 4.61. The number of phenolic OH excluding ortho intramolecular Hbond substituents is 1. The summed E-state index contributed by atoms with van der Waals surface area (Å²) in [5.41, 5.74) is 2.10. The van der Waals surface area contributed by atoms with Crippen molar-refractivity contribution < 1.29 is 24.1 Å². The molecule has 0 spiro atoms. The number of hydrogen-bond acceptors (Lipinski definition) is 3. The van der Waals surface area contributed by atoms with E-state index in [1.807, 2.05) is 12.1 Å². The standard InChI is InChI=1S/C25H17FO4/c26-19-3-1-2-17(14-19)22-11-7-18-15-20(27)8-12-23(18)25(22)30-21-9-4-16(5-10-21)6-13-24(28)29/h1-15,27H,(H,28,29)/b13-6+. The van der Waals surface area contributed by atoms with Crippen LogP contribution in [-0.4, -0.2) is 16.2 Å². The second-order valence-electron chi connectivity index (χ2n) is 6.70. The van der Waals surface area contributed by atoms with Gasteiger partial charge in [-0.25, -0.2) is 9.18 Å². The number of hydrogen-bond donors (Lipinski definition) is 2. The van der Waals surface area contributed by atoms with E-state index in [-0.39, 0.29) is 11.6 Å². The number of fused-ring (bicyclic) bond motifs is 1. The van der Waals surface area contributed by atoms with Crippen LogP contribution in [0.3, 0.4) is 0 Å². The van der Waals surface area contributed by atoms with Crippen LogP contribution in [0.15, 0.2) is 84.9 Å². The molecule has 0 heterocycles. The third kappa shape index (κ3) is 4.15. The number of rotatable bonds is 5. The quantitative estimate of drug-likeness (QED) is 0.389. The molecule has 0 saturated heterocycles. The van der Waals surface area contributed by atoms with E-state index in [1.165, 1.54) is 18.2 Å². The minimum atomic E-state index is -1.02. The Hall–Kier alpha value is -4.12. The molecule has 2 N–H and O–H groups in total. The van der Waals surface area contributed by atoms with Crippen molar-refractivity contribution in [2.75, 3.05) is 0 Å². The average molecular weight is 400 g/mol. The van der Waals surface area contributed by atoms with E-state index >= 15 is 0 Å². The van der Waals surface area contributed by atoms with Crippen molar-refractivity contribution in [2.24, 2.45) is 0 Å². The summed E-state index contributed by atoms with van der Waals surface area (Å²) in [7, 11) is 0. The number of carboxylic acids is 1. The third-order valence-corrected chi connectivity index (χ3v) is 4.61. The summed E-state index contributed by atoms with van der Waals surface area (Å²) in [6.45, 7) is 0. The van der Waals surface area contributed by atoms with Gasteiger partial charge in [-0.3, -0.25) is 0 Å². The zero-order valence-corrected chi connectivity index (χ0v) is 15.7. The Morgan fingerprint density at radius 3 is 2.47 bits per heavy atom. The summed E-state index contributed by atoms with van der Waals surface area (Å²) in [4.78, 5) is 10.7. The first kappa shape index (κ1) is 19.2. The Balaban J connectivity index is 1.79. The molecule has 0 aliphatic rings. The van der Waals surface area contributed by atoms with Crippen molar-refractivity contribution in [2.45, 2.75) is 0 Å². The molecule has 30 heavy (non-hydrogen) atoms. The second kappa shape index (κ2) is 8.09. The maximum Gasteiger partial charge on any atom is 0.328 e. The molecule has 0 radical (unpaired) electrons. The number of benzene rings is 4. The van der Waals surface area contributed by atoms with Gasteiger partial charge < -0.3 is 14.9 Å². The number of aliphatic carboxylic acids is 1. The topological polar surface area (TPSA) is 66.8 Å². The highest BCUT2D eigenvalue weighted by atomic mass is 19.1. The summed E-state index contributed by atoms with van der Waals surface area (Å²) >= 11 is 0. The van der Waals surface area contributed by atoms with Crippen LogP contribution in [0.1, 0.15) is 5.56 Å². The number of phenols is 1. The molecule has 5 heteroatoms. The molecule has 148 valence electrons. The largest absolute Gasteiger partial charge is 0.508 e. The Morgan fingerprint density at radius 1 is 0.933 bits per heavy atom. The zero-order chi connectivity index (χ0) is 21.1. The normalized spacial score (nSPS) is 11.1. The molecule has 0 aliphatic carbocycles. The lowest BCUT2D eigenvalue weighted by atomic mass is 9.99. The number of halogens is 1. The van der Waals surface area contributed by atoms with Crippen LogP contribution >= 0.6 is 0 Å². The maximum atomic E-state index is 13.8. The SMILES string of the molecule is O=C(O)/C=C/c1ccc(Oc2c(-c3cccc(F)c3)ccc3cc(O)ccc23)cc1. The zero-order valence-electron chi connectivity index (χ0n) is 15.7. The Morgan fingerprint density at radius 2 is 1.73 bits per heavy atom. The van der Waals surface area contributed by atoms with Crippen LogP contribution < -0.4 is 4.74 Å². The van der Waals surface area contributed by atoms with Gasteiger partial charge in [0.1, 0.15) is 23.1 Å². The Labute approximate surface area is 172 Å². The van der Waals surface area contributed by atoms with E-state index in [9.17, 15) is 14.3 Å². The van der Waals surface area contributed by atoms with Gasteiger partial charge in [0, 0.05) is 17.0 Å². The van der Waals surface area contributed by atoms with Gasteiger partial charge in [0.05, 0.1) is 0 Å². The van der Waals surface area contributed by atoms with Gasteiger partial charge in [-0.15, -0.1) is 0 Å². The lowest BCUT2D eigenvalue weighted by molar-refractivity contribution is -0.131. The summed E-state index contributed by atoms with van der Waals surface area (Å²) in [5.74, 6) is -0.151. The number of aromatic hydroxyl groups is 1. The van der Waals surface area contributed by atoms with Gasteiger partial charge >= 0.3 is 5.97 Å². The maximum absolute atomic E-state index is 13.8. The summed E-state index contributed by atoms with van der Waals surface area (Å²) in [6.07, 6.45) is 2.56. The highest BCUT2D eigenvalue weighted by Crippen LogP contribution is 2.40. The lowest BCUT2D eigenvalue weighted by Crippen LogP contribution is -1.91. The molecule has 4 aromatic rings. The first-order valence-electron chi connectivity index (χ1n) is 9.20. The highest BCUT2D eigenvalue weighted by molar-refractivity contribution is 5.96. The van der Waals surface area contributed by atoms with Crippen molar-refractivity contribution in [1.29, 1.82) is 0 Å². The van der Waals surface area contributed by atoms with Crippen LogP contribution in [-0.2, 0) is 4.79 Å². The summed E-state index contributed by atoms with van der Waals surface area (Å²) < 4.78 is 20.0. The number of carbonyl (C=O) groups is 1. The smallest absolute Gasteiger partial charge is 0.328 e. The van der Waals surface area contributed by atoms with Crippen LogP contribution in [0.2, 0.25) is 0 Å². The van der Waals surface area contributed by atoms with Crippen molar-refractivity contribution in [3.05, 3.63) is 96.3 Å². The van der Waals surface area contributed by atoms with Crippen molar-refractivity contribution >= 4 is 22.8 Å². The molecule has 0 aliphatic heterocycles. The van der Waals surface area contributed by atoms with Crippen LogP contribution in [0, 0.1) is 5.82 Å². The molecule has 0 amide bonds. The fraction of sp³-hybridized carbons (Fsp3) is 0. The predicted octanol–water partition coefficient (Wildman–Crippen LogP) is 6.24. The predicted molar refractivity (Wildman–Crippen MR) is 114 cm³/mol. The molecule has 0 saturated carbocycles. The van der Waals surface area contributed by atoms with E-state index < -0.39 is 5.97 Å². The van der Waals surface area contributed by atoms with E-state index in [0.717, 1.165) is 22.4 Å². The summed E-state index contributed by atoms with van der Waals surface area (Å²) in [5, 5.41) is 20.1. The molecule has 0 bridgehead atoms. The molecule has 4 nitrogen and oxygen atoms in total. The van der Waals surface area contributed by atoms with Crippen molar-refractivity contribution in [3.63, 3.8) is 0 Å². The van der Waals surface area contributed by atoms with Crippen LogP contribution in [0.4, 0.5) is 4.39 Å². The molecule has 4 aromatic carbocycles. The van der Waals surface area contributed by atoms with E-state index in [2.05, 4.69) is 0 Å². The molecule has 0 atom stereocenters. The van der Waals surface area contributed by atoms with Gasteiger partial charge in [0.15, 0.2) is 0 Å². The molecule has 0 unspecified atom stereocenters. The molecule has 0 fully saturated rings. The first-order chi connectivity index (χ1) is 14.5. The van der Waals surface area contributed by atoms with Gasteiger partial charge in [-0.2, -0.15) is 0 Å². The Bertz CT molecular complexity index is 1260. The van der Waals surface area contributed by atoms with Gasteiger partial charge in [0.2, 0.25) is 0 Å². The lowest BCUT2D eigenvalue weighted by Gasteiger charge is -2.15. The van der Waals surface area contributed by atoms with Crippen molar-refractivity contribution in [1.82, 2.24) is 0 Å². The average Bonchev–Trinajstić information content (AvgIpc) is 2.73. The van der Waals surface area contributed by atoms with Gasteiger partial charge in [-0.05, 0) is 71.1 Å². The fourth-order valence-electron chi connectivity index (χ4n) is 3.21. The highest BCUT2D eigenvalue weighted by Gasteiger charge is 2.13. The van der Waals surface area contributed by atoms with Gasteiger partial charge in [-0.1, -0.05) is 30.3 Å². The first-order valence-corrected chi connectivity index (χ1v) is 9.20. The van der Waals surface area contributed by atoms with Crippen molar-refractivity contribution in [3.8, 4) is 28.4 Å². The fourth-order valence-corrected chi connectivity index (χ4v) is 3.21. The Kier molecular flexibility index (Phi) is 5.18. The molecular formula is C25H17FO4. The van der Waals surface area contributed by atoms with Gasteiger partial charge in [0.25, 0.3) is 0 Å². The van der Waals surface area contributed by atoms with Crippen LogP contribution in [0.25, 0.3) is 28.0 Å². The summed E-state index contributed by atoms with van der Waals surface area (Å²) in [6, 6.07) is 21.9. The van der Waals surface area contributed by atoms with E-state index in [0.29, 0.717) is 22.6 Å². The number of ether oxygens (including phenoxy) is 1. The number of carboxylic acid groups (broad SMARTS) is 1. The van der Waals surface area contributed by atoms with E-state index in [4.69, 9.17) is 9.84 Å². The molecule has 0 aromatic heterocycles. The molecular weight excluding hydrogens is 383 g/mol. The monoisotopic (exact) mass is 400 g/mol.